The van der Waals surface area contributed by atoms with Gasteiger partial charge in [-0.15, -0.1) is 0 Å². The van der Waals surface area contributed by atoms with E-state index in [1.165, 1.54) is 72.8 Å². The van der Waals surface area contributed by atoms with E-state index in [1.807, 2.05) is 0 Å². The van der Waals surface area contributed by atoms with E-state index >= 15 is 0 Å². The predicted molar refractivity (Wildman–Crippen MR) is 216 cm³/mol. The minimum atomic E-state index is -5.03. The van der Waals surface area contributed by atoms with Crippen LogP contribution in [0.2, 0.25) is 0 Å². The molecule has 2 aliphatic carbocycles. The average molecular weight is 843 g/mol. The van der Waals surface area contributed by atoms with Crippen LogP contribution in [-0.2, 0) is 30.4 Å². The Hall–Kier alpha value is -6.88. The van der Waals surface area contributed by atoms with Crippen molar-refractivity contribution in [2.45, 2.75) is 4.90 Å². The molecule has 0 aromatic heterocycles. The summed E-state index contributed by atoms with van der Waals surface area (Å²) in [5.74, 6) is -1.71. The van der Waals surface area contributed by atoms with Gasteiger partial charge in [0, 0.05) is 22.5 Å². The van der Waals surface area contributed by atoms with E-state index in [-0.39, 0.29) is 44.2 Å². The fourth-order valence-corrected chi connectivity index (χ4v) is 7.77. The Morgan fingerprint density at radius 1 is 0.500 bits per heavy atom. The third-order valence-corrected chi connectivity index (χ3v) is 11.2. The Kier molecular flexibility index (Phi) is 10.1. The fourth-order valence-electron chi connectivity index (χ4n) is 5.94. The van der Waals surface area contributed by atoms with E-state index in [2.05, 4.69) is 31.7 Å². The van der Waals surface area contributed by atoms with Crippen molar-refractivity contribution in [3.63, 3.8) is 0 Å². The van der Waals surface area contributed by atoms with Crippen LogP contribution in [0.5, 0.6) is 0 Å². The molecule has 0 saturated heterocycles. The third kappa shape index (κ3) is 8.29. The first-order valence-corrected chi connectivity index (χ1v) is 20.8. The van der Waals surface area contributed by atoms with Gasteiger partial charge in [-0.2, -0.15) is 35.5 Å². The number of amides is 2. The average Bonchev–Trinajstić information content (AvgIpc) is 3.16. The fraction of sp³-hybridized carbons (Fsp3) is 0. The van der Waals surface area contributed by atoms with Gasteiger partial charge in [-0.05, 0) is 107 Å². The van der Waals surface area contributed by atoms with Gasteiger partial charge in [0.05, 0.1) is 16.3 Å². The number of benzene rings is 5. The van der Waals surface area contributed by atoms with Gasteiger partial charge in [-0.3, -0.25) is 34.1 Å². The molecule has 0 spiro atoms. The maximum absolute atomic E-state index is 13.5. The molecule has 294 valence electrons. The summed E-state index contributed by atoms with van der Waals surface area (Å²) in [4.78, 5) is 37.9. The molecule has 5 aromatic carbocycles. The van der Waals surface area contributed by atoms with Crippen LogP contribution in [-0.4, -0.2) is 67.9 Å². The van der Waals surface area contributed by atoms with Crippen molar-refractivity contribution in [3.05, 3.63) is 135 Å². The largest absolute Gasteiger partial charge is 0.323 e. The van der Waals surface area contributed by atoms with Crippen molar-refractivity contribution >= 4 is 105 Å². The summed E-state index contributed by atoms with van der Waals surface area (Å²) in [6.45, 7) is 0. The van der Waals surface area contributed by atoms with E-state index in [9.17, 15) is 53.3 Å². The van der Waals surface area contributed by atoms with Gasteiger partial charge in [0.1, 0.15) is 9.81 Å². The lowest BCUT2D eigenvalue weighted by Crippen LogP contribution is -2.27. The summed E-state index contributed by atoms with van der Waals surface area (Å²) >= 11 is 0. The molecule has 0 atom stereocenters. The summed E-state index contributed by atoms with van der Waals surface area (Å²) in [5.41, 5.74) is 4.87. The number of carbonyl (C=O) groups is 3. The second-order valence-corrected chi connectivity index (χ2v) is 16.7. The number of rotatable bonds is 9. The molecule has 58 heavy (non-hydrogen) atoms. The molecule has 2 amide bonds. The lowest BCUT2D eigenvalue weighted by molar-refractivity contribution is 0.105. The zero-order chi connectivity index (χ0) is 41.6. The highest BCUT2D eigenvalue weighted by molar-refractivity contribution is 7.91. The van der Waals surface area contributed by atoms with Crippen molar-refractivity contribution in [3.8, 4) is 0 Å². The first-order valence-electron chi connectivity index (χ1n) is 16.4. The van der Waals surface area contributed by atoms with Gasteiger partial charge < -0.3 is 10.6 Å². The molecule has 0 fully saturated rings. The second-order valence-electron chi connectivity index (χ2n) is 12.5. The number of ketones is 2. The van der Waals surface area contributed by atoms with Gasteiger partial charge >= 0.3 is 6.03 Å². The van der Waals surface area contributed by atoms with E-state index < -0.39 is 69.2 Å². The predicted octanol–water partition coefficient (Wildman–Crippen LogP) is 5.52. The first-order chi connectivity index (χ1) is 27.3. The molecular formula is C37H26N6O12S3. The summed E-state index contributed by atoms with van der Waals surface area (Å²) in [6, 6.07) is 23.7. The minimum Gasteiger partial charge on any atom is -0.308 e. The number of anilines is 4. The van der Waals surface area contributed by atoms with Crippen molar-refractivity contribution < 1.29 is 53.3 Å². The van der Waals surface area contributed by atoms with E-state index in [0.29, 0.717) is 16.5 Å². The Morgan fingerprint density at radius 3 is 1.47 bits per heavy atom. The second kappa shape index (κ2) is 14.9. The van der Waals surface area contributed by atoms with Crippen molar-refractivity contribution in [1.29, 1.82) is 0 Å². The molecule has 21 heteroatoms. The van der Waals surface area contributed by atoms with Crippen LogP contribution in [0.3, 0.4) is 0 Å². The normalized spacial score (nSPS) is 15.6. The molecule has 5 aromatic rings. The minimum absolute atomic E-state index is 0.00381. The van der Waals surface area contributed by atoms with Crippen LogP contribution in [0, 0.1) is 0 Å². The summed E-state index contributed by atoms with van der Waals surface area (Å²) in [5, 5.41) is 13.9. The van der Waals surface area contributed by atoms with Gasteiger partial charge in [-0.25, -0.2) is 4.79 Å². The van der Waals surface area contributed by atoms with E-state index in [4.69, 9.17) is 0 Å². The van der Waals surface area contributed by atoms with Gasteiger partial charge in [0.25, 0.3) is 30.4 Å². The molecule has 0 radical (unpaired) electrons. The lowest BCUT2D eigenvalue weighted by atomic mass is 9.94. The number of hydrogen-bond donors (Lipinski definition) is 7. The first kappa shape index (κ1) is 39.4. The number of carbonyl (C=O) groups excluding carboxylic acids is 3. The van der Waals surface area contributed by atoms with Crippen LogP contribution in [0.1, 0.15) is 31.8 Å². The zero-order valence-corrected chi connectivity index (χ0v) is 31.6. The molecule has 0 aliphatic heterocycles. The number of Topliss-reactive ketones (excluding diaryl/α,β-unsaturated/α-hetero) is 2. The van der Waals surface area contributed by atoms with Gasteiger partial charge in [0.15, 0.2) is 11.4 Å². The molecular weight excluding hydrogens is 817 g/mol. The molecule has 2 aliphatic rings. The van der Waals surface area contributed by atoms with E-state index in [0.717, 1.165) is 12.2 Å². The lowest BCUT2D eigenvalue weighted by Gasteiger charge is -2.18. The van der Waals surface area contributed by atoms with Crippen molar-refractivity contribution in [1.82, 2.24) is 0 Å². The van der Waals surface area contributed by atoms with Crippen molar-refractivity contribution in [2.75, 3.05) is 21.5 Å². The zero-order valence-electron chi connectivity index (χ0n) is 29.1. The number of fused-ring (bicyclic) bond motifs is 3. The Morgan fingerprint density at radius 2 is 0.966 bits per heavy atom. The quantitative estimate of drug-likeness (QED) is 0.0711. The molecule has 18 nitrogen and oxygen atoms in total. The van der Waals surface area contributed by atoms with Gasteiger partial charge in [-0.1, -0.05) is 30.3 Å². The van der Waals surface area contributed by atoms with Gasteiger partial charge in [0.2, 0.25) is 11.6 Å². The van der Waals surface area contributed by atoms with Crippen LogP contribution in [0.4, 0.5) is 27.5 Å². The number of allylic oxidation sites excluding steroid dienone is 2. The Balaban J connectivity index is 1.09. The maximum Gasteiger partial charge on any atom is 0.323 e. The topological polar surface area (TPSA) is 287 Å². The summed E-state index contributed by atoms with van der Waals surface area (Å²) < 4.78 is 102. The summed E-state index contributed by atoms with van der Waals surface area (Å²) in [6.07, 6.45) is 2.01. The smallest absolute Gasteiger partial charge is 0.308 e. The maximum atomic E-state index is 13.5. The van der Waals surface area contributed by atoms with Crippen LogP contribution < -0.4 is 21.5 Å². The van der Waals surface area contributed by atoms with Crippen molar-refractivity contribution in [2.24, 2.45) is 10.2 Å². The monoisotopic (exact) mass is 842 g/mol. The molecule has 7 rings (SSSR count). The molecule has 7 N–H and O–H groups in total. The molecule has 0 unspecified atom stereocenters. The SMILES string of the molecule is O=C(Nc1ccc2c(c1)C=C(S(=O)(=O)O)/C(=N\Nc1ccccc1)C2=O)Nc1ccc2c(c1)C=C(S(=O)(=O)O)/C(=N/Nc1ccc3cc(S(=O)(=O)O)ccc3c1)C2=O. The van der Waals surface area contributed by atoms with Crippen LogP contribution in [0.25, 0.3) is 22.9 Å². The standard InChI is InChI=1S/C37H26N6O12S3/c44-35-29-12-9-25(15-22(29)18-31(57(50,51)52)33(35)42-40-24-4-2-1-3-5-24)38-37(46)39-26-10-13-30-23(16-26)19-32(58(53,54)55)34(36(30)45)43-41-27-8-6-21-17-28(56(47,48)49)11-7-20(21)14-27/h1-19,40-41H,(H2,38,39,46)(H,47,48,49)(H,50,51,52)(H,53,54,55)/b42-33+,43-34-. The molecule has 0 saturated carbocycles. The van der Waals surface area contributed by atoms with Crippen LogP contribution in [0.15, 0.2) is 128 Å². The number of nitrogens with zero attached hydrogens (tertiary/aromatic N) is 2. The number of nitrogens with one attached hydrogen (secondary N) is 4. The summed E-state index contributed by atoms with van der Waals surface area (Å²) in [7, 11) is -14.4. The number of urea groups is 1. The van der Waals surface area contributed by atoms with Crippen LogP contribution >= 0.6 is 0 Å². The number of para-hydroxylation sites is 1. The Bertz CT molecular complexity index is 3090. The number of hydrogen-bond acceptors (Lipinski definition) is 13. The highest BCUT2D eigenvalue weighted by Gasteiger charge is 2.34. The molecule has 0 heterocycles. The number of hydrazone groups is 2. The molecule has 0 bridgehead atoms. The van der Waals surface area contributed by atoms with E-state index in [1.54, 1.807) is 30.3 Å². The highest BCUT2D eigenvalue weighted by Crippen LogP contribution is 2.31. The highest BCUT2D eigenvalue weighted by atomic mass is 32.2. The third-order valence-electron chi connectivity index (χ3n) is 8.61. The Labute approximate surface area is 328 Å².